The minimum Gasteiger partial charge on any atom is -0.481 e. The zero-order chi connectivity index (χ0) is 19.7. The molecule has 1 amide bonds. The number of aromatic nitrogens is 1. The summed E-state index contributed by atoms with van der Waals surface area (Å²) < 4.78 is 8.06. The number of benzene rings is 3. The van der Waals surface area contributed by atoms with Crippen molar-refractivity contribution < 1.29 is 9.53 Å². The van der Waals surface area contributed by atoms with E-state index in [1.165, 1.54) is 16.4 Å². The molecule has 0 aliphatic rings. The highest BCUT2D eigenvalue weighted by molar-refractivity contribution is 6.10. The molecule has 4 rings (SSSR count). The second-order valence-corrected chi connectivity index (χ2v) is 7.06. The van der Waals surface area contributed by atoms with Crippen molar-refractivity contribution in [2.24, 2.45) is 0 Å². The molecule has 3 aromatic carbocycles. The van der Waals surface area contributed by atoms with E-state index < -0.39 is 6.10 Å². The number of aryl methyl sites for hydroxylation is 2. The molecule has 4 nitrogen and oxygen atoms in total. The fraction of sp³-hybridized carbons (Fsp3) is 0.208. The maximum Gasteiger partial charge on any atom is 0.265 e. The van der Waals surface area contributed by atoms with Crippen LogP contribution in [0.4, 0.5) is 5.69 Å². The molecule has 0 saturated heterocycles. The van der Waals surface area contributed by atoms with Crippen LogP contribution >= 0.6 is 0 Å². The number of amides is 1. The molecule has 0 unspecified atom stereocenters. The number of carbonyl (C=O) groups excluding carboxylic acids is 1. The molecule has 0 radical (unpaired) electrons. The molecule has 142 valence electrons. The van der Waals surface area contributed by atoms with Gasteiger partial charge in [0.25, 0.3) is 5.91 Å². The van der Waals surface area contributed by atoms with Gasteiger partial charge in [-0.3, -0.25) is 4.79 Å². The molecule has 1 heterocycles. The molecule has 1 N–H and O–H groups in total. The zero-order valence-electron chi connectivity index (χ0n) is 16.4. The van der Waals surface area contributed by atoms with Gasteiger partial charge in [0.05, 0.1) is 0 Å². The van der Waals surface area contributed by atoms with Crippen molar-refractivity contribution in [3.63, 3.8) is 0 Å². The molecule has 0 spiro atoms. The molecule has 0 saturated carbocycles. The number of rotatable bonds is 5. The topological polar surface area (TPSA) is 43.3 Å². The highest BCUT2D eigenvalue weighted by Gasteiger charge is 2.16. The third kappa shape index (κ3) is 3.33. The quantitative estimate of drug-likeness (QED) is 0.501. The van der Waals surface area contributed by atoms with E-state index in [4.69, 9.17) is 4.74 Å². The predicted octanol–water partition coefficient (Wildman–Crippen LogP) is 5.53. The Bertz CT molecular complexity index is 1140. The van der Waals surface area contributed by atoms with Crippen molar-refractivity contribution in [3.05, 3.63) is 72.3 Å². The van der Waals surface area contributed by atoms with Crippen LogP contribution in [0.5, 0.6) is 5.75 Å². The van der Waals surface area contributed by atoms with Gasteiger partial charge in [-0.05, 0) is 57.2 Å². The average Bonchev–Trinajstić information content (AvgIpc) is 3.02. The second-order valence-electron chi connectivity index (χ2n) is 7.06. The van der Waals surface area contributed by atoms with Crippen molar-refractivity contribution in [1.29, 1.82) is 0 Å². The molecule has 0 aliphatic carbocycles. The normalized spacial score (nSPS) is 12.2. The first-order chi connectivity index (χ1) is 13.6. The van der Waals surface area contributed by atoms with E-state index in [1.54, 1.807) is 6.92 Å². The smallest absolute Gasteiger partial charge is 0.265 e. The Morgan fingerprint density at radius 3 is 2.46 bits per heavy atom. The summed E-state index contributed by atoms with van der Waals surface area (Å²) in [4.78, 5) is 12.6. The van der Waals surface area contributed by atoms with Gasteiger partial charge in [-0.15, -0.1) is 0 Å². The highest BCUT2D eigenvalue weighted by Crippen LogP contribution is 2.31. The summed E-state index contributed by atoms with van der Waals surface area (Å²) in [6, 6.07) is 22.1. The Hall–Kier alpha value is -3.27. The molecule has 0 aliphatic heterocycles. The lowest BCUT2D eigenvalue weighted by atomic mass is 10.1. The van der Waals surface area contributed by atoms with Crippen LogP contribution in [-0.4, -0.2) is 16.6 Å². The summed E-state index contributed by atoms with van der Waals surface area (Å²) in [5, 5.41) is 5.32. The molecule has 4 aromatic rings. The van der Waals surface area contributed by atoms with E-state index >= 15 is 0 Å². The SMILES string of the molecule is CCn1c2ccccc2c2cc(NC(=O)[C@@H](C)Oc3ccc(C)cc3)ccc21. The summed E-state index contributed by atoms with van der Waals surface area (Å²) in [5.41, 5.74) is 4.31. The Balaban J connectivity index is 1.58. The molecule has 1 aromatic heterocycles. The lowest BCUT2D eigenvalue weighted by Crippen LogP contribution is -2.30. The van der Waals surface area contributed by atoms with E-state index in [0.717, 1.165) is 23.2 Å². The monoisotopic (exact) mass is 372 g/mol. The maximum absolute atomic E-state index is 12.6. The highest BCUT2D eigenvalue weighted by atomic mass is 16.5. The van der Waals surface area contributed by atoms with Gasteiger partial charge in [0.2, 0.25) is 0 Å². The Morgan fingerprint density at radius 2 is 1.71 bits per heavy atom. The van der Waals surface area contributed by atoms with Crippen molar-refractivity contribution in [2.45, 2.75) is 33.4 Å². The van der Waals surface area contributed by atoms with Crippen LogP contribution in [-0.2, 0) is 11.3 Å². The fourth-order valence-electron chi connectivity index (χ4n) is 3.59. The Morgan fingerprint density at radius 1 is 1.00 bits per heavy atom. The number of carbonyl (C=O) groups is 1. The Kier molecular flexibility index (Phi) is 4.78. The van der Waals surface area contributed by atoms with Crippen LogP contribution in [0.2, 0.25) is 0 Å². The minimum absolute atomic E-state index is 0.167. The van der Waals surface area contributed by atoms with Gasteiger partial charge in [0.15, 0.2) is 6.10 Å². The number of anilines is 1. The average molecular weight is 372 g/mol. The van der Waals surface area contributed by atoms with Gasteiger partial charge >= 0.3 is 0 Å². The molecular weight excluding hydrogens is 348 g/mol. The summed E-state index contributed by atoms with van der Waals surface area (Å²) in [7, 11) is 0. The molecule has 0 fully saturated rings. The first-order valence-electron chi connectivity index (χ1n) is 9.62. The molecule has 4 heteroatoms. The zero-order valence-corrected chi connectivity index (χ0v) is 16.4. The fourth-order valence-corrected chi connectivity index (χ4v) is 3.59. The summed E-state index contributed by atoms with van der Waals surface area (Å²) in [5.74, 6) is 0.522. The van der Waals surface area contributed by atoms with Crippen molar-refractivity contribution >= 4 is 33.4 Å². The summed E-state index contributed by atoms with van der Waals surface area (Å²) in [6.45, 7) is 6.82. The summed E-state index contributed by atoms with van der Waals surface area (Å²) in [6.07, 6.45) is -0.588. The lowest BCUT2D eigenvalue weighted by Gasteiger charge is -2.15. The van der Waals surface area contributed by atoms with Crippen LogP contribution in [0.3, 0.4) is 0 Å². The van der Waals surface area contributed by atoms with Crippen LogP contribution < -0.4 is 10.1 Å². The van der Waals surface area contributed by atoms with Crippen LogP contribution in [0.25, 0.3) is 21.8 Å². The van der Waals surface area contributed by atoms with E-state index in [1.807, 2.05) is 49.4 Å². The lowest BCUT2D eigenvalue weighted by molar-refractivity contribution is -0.122. The first-order valence-corrected chi connectivity index (χ1v) is 9.62. The van der Waals surface area contributed by atoms with Crippen LogP contribution in [0.1, 0.15) is 19.4 Å². The third-order valence-corrected chi connectivity index (χ3v) is 5.06. The van der Waals surface area contributed by atoms with Crippen molar-refractivity contribution in [2.75, 3.05) is 5.32 Å². The molecule has 28 heavy (non-hydrogen) atoms. The van der Waals surface area contributed by atoms with Gasteiger partial charge in [-0.1, -0.05) is 35.9 Å². The maximum atomic E-state index is 12.6. The number of nitrogens with zero attached hydrogens (tertiary/aromatic N) is 1. The van der Waals surface area contributed by atoms with Crippen LogP contribution in [0, 0.1) is 6.92 Å². The number of fused-ring (bicyclic) bond motifs is 3. The van der Waals surface area contributed by atoms with E-state index in [0.29, 0.717) is 5.75 Å². The molecule has 0 bridgehead atoms. The van der Waals surface area contributed by atoms with Crippen molar-refractivity contribution in [1.82, 2.24) is 4.57 Å². The Labute approximate surface area is 164 Å². The third-order valence-electron chi connectivity index (χ3n) is 5.06. The van der Waals surface area contributed by atoms with E-state index in [-0.39, 0.29) is 5.91 Å². The molecule has 1 atom stereocenters. The number of ether oxygens (including phenoxy) is 1. The number of nitrogens with one attached hydrogen (secondary N) is 1. The van der Waals surface area contributed by atoms with Gasteiger partial charge in [-0.2, -0.15) is 0 Å². The van der Waals surface area contributed by atoms with Crippen molar-refractivity contribution in [3.8, 4) is 5.75 Å². The number of para-hydroxylation sites is 1. The van der Waals surface area contributed by atoms with Gasteiger partial charge < -0.3 is 14.6 Å². The number of hydrogen-bond acceptors (Lipinski definition) is 2. The van der Waals surface area contributed by atoms with Gasteiger partial charge in [0.1, 0.15) is 5.75 Å². The van der Waals surface area contributed by atoms with Gasteiger partial charge in [-0.25, -0.2) is 0 Å². The predicted molar refractivity (Wildman–Crippen MR) is 115 cm³/mol. The van der Waals surface area contributed by atoms with E-state index in [9.17, 15) is 4.79 Å². The molecular formula is C24H24N2O2. The van der Waals surface area contributed by atoms with E-state index in [2.05, 4.69) is 41.1 Å². The first kappa shape index (κ1) is 18.1. The number of hydrogen-bond donors (Lipinski definition) is 1. The summed E-state index contributed by atoms with van der Waals surface area (Å²) >= 11 is 0. The minimum atomic E-state index is -0.588. The standard InChI is InChI=1S/C24H24N2O2/c1-4-26-22-8-6-5-7-20(22)21-15-18(11-14-23(21)26)25-24(27)17(3)28-19-12-9-16(2)10-13-19/h5-15,17H,4H2,1-3H3,(H,25,27)/t17-/m1/s1. The largest absolute Gasteiger partial charge is 0.481 e. The van der Waals surface area contributed by atoms with Crippen LogP contribution in [0.15, 0.2) is 66.7 Å². The second kappa shape index (κ2) is 7.39. The van der Waals surface area contributed by atoms with Gasteiger partial charge in [0, 0.05) is 34.0 Å².